The minimum atomic E-state index is -3.50. The summed E-state index contributed by atoms with van der Waals surface area (Å²) < 4.78 is 32.8. The first kappa shape index (κ1) is 20.8. The molecule has 2 aliphatic rings. The van der Waals surface area contributed by atoms with Gasteiger partial charge in [-0.1, -0.05) is 12.1 Å². The van der Waals surface area contributed by atoms with Crippen LogP contribution in [0.25, 0.3) is 0 Å². The van der Waals surface area contributed by atoms with Gasteiger partial charge in [0.25, 0.3) is 0 Å². The molecule has 1 aliphatic heterocycles. The van der Waals surface area contributed by atoms with Crippen molar-refractivity contribution in [3.05, 3.63) is 53.6 Å². The Kier molecular flexibility index (Phi) is 6.08. The van der Waals surface area contributed by atoms with Crippen LogP contribution in [-0.4, -0.2) is 63.4 Å². The topological polar surface area (TPSA) is 79.0 Å². The summed E-state index contributed by atoms with van der Waals surface area (Å²) in [5, 5.41) is 2.86. The van der Waals surface area contributed by atoms with E-state index < -0.39 is 10.0 Å². The Hall–Kier alpha value is -2.42. The van der Waals surface area contributed by atoms with Gasteiger partial charge in [0.05, 0.1) is 18.6 Å². The fraction of sp³-hybridized carbons (Fsp3) is 0.409. The van der Waals surface area contributed by atoms with Crippen molar-refractivity contribution >= 4 is 21.6 Å². The SMILES string of the molecule is COc1cccc(NC(=O)CN2CCN(S(=O)(=O)c3ccc4c(c3)CCC4)CC2)c1. The van der Waals surface area contributed by atoms with Gasteiger partial charge >= 0.3 is 0 Å². The molecule has 0 atom stereocenters. The van der Waals surface area contributed by atoms with E-state index in [9.17, 15) is 13.2 Å². The molecule has 160 valence electrons. The lowest BCUT2D eigenvalue weighted by Gasteiger charge is -2.33. The number of sulfonamides is 1. The summed E-state index contributed by atoms with van der Waals surface area (Å²) in [6, 6.07) is 12.7. The Morgan fingerprint density at radius 3 is 2.57 bits per heavy atom. The summed E-state index contributed by atoms with van der Waals surface area (Å²) >= 11 is 0. The molecule has 0 saturated carbocycles. The van der Waals surface area contributed by atoms with Crippen LogP contribution in [0.15, 0.2) is 47.4 Å². The number of methoxy groups -OCH3 is 1. The number of aryl methyl sites for hydroxylation is 2. The van der Waals surface area contributed by atoms with Crippen LogP contribution >= 0.6 is 0 Å². The average molecular weight is 430 g/mol. The Morgan fingerprint density at radius 2 is 1.80 bits per heavy atom. The number of carbonyl (C=O) groups is 1. The molecule has 1 heterocycles. The number of benzene rings is 2. The molecule has 30 heavy (non-hydrogen) atoms. The molecule has 0 unspecified atom stereocenters. The van der Waals surface area contributed by atoms with Crippen LogP contribution in [0.1, 0.15) is 17.5 Å². The van der Waals surface area contributed by atoms with E-state index >= 15 is 0 Å². The number of anilines is 1. The predicted octanol–water partition coefficient (Wildman–Crippen LogP) is 2.13. The smallest absolute Gasteiger partial charge is 0.243 e. The van der Waals surface area contributed by atoms with E-state index in [1.807, 2.05) is 35.2 Å². The fourth-order valence-corrected chi connectivity index (χ4v) is 5.56. The van der Waals surface area contributed by atoms with Crippen molar-refractivity contribution in [1.29, 1.82) is 0 Å². The van der Waals surface area contributed by atoms with Gasteiger partial charge in [-0.05, 0) is 54.7 Å². The molecule has 0 bridgehead atoms. The largest absolute Gasteiger partial charge is 0.497 e. The van der Waals surface area contributed by atoms with Crippen LogP contribution in [0.2, 0.25) is 0 Å². The van der Waals surface area contributed by atoms with Crippen LogP contribution in [-0.2, 0) is 27.7 Å². The summed E-state index contributed by atoms with van der Waals surface area (Å²) in [4.78, 5) is 14.7. The number of rotatable bonds is 6. The van der Waals surface area contributed by atoms with E-state index in [0.717, 1.165) is 24.8 Å². The predicted molar refractivity (Wildman–Crippen MR) is 115 cm³/mol. The van der Waals surface area contributed by atoms with Gasteiger partial charge in [-0.3, -0.25) is 9.69 Å². The second kappa shape index (κ2) is 8.75. The third-order valence-corrected chi connectivity index (χ3v) is 7.65. The number of piperazine rings is 1. The number of hydrogen-bond acceptors (Lipinski definition) is 5. The highest BCUT2D eigenvalue weighted by molar-refractivity contribution is 7.89. The van der Waals surface area contributed by atoms with Gasteiger partial charge in [0.15, 0.2) is 0 Å². The van der Waals surface area contributed by atoms with E-state index in [1.54, 1.807) is 19.2 Å². The van der Waals surface area contributed by atoms with Crippen molar-refractivity contribution in [3.63, 3.8) is 0 Å². The third kappa shape index (κ3) is 4.50. The third-order valence-electron chi connectivity index (χ3n) is 5.76. The molecule has 1 amide bonds. The normalized spacial score (nSPS) is 17.5. The highest BCUT2D eigenvalue weighted by Crippen LogP contribution is 2.26. The lowest BCUT2D eigenvalue weighted by atomic mass is 10.1. The van der Waals surface area contributed by atoms with Gasteiger partial charge in [-0.25, -0.2) is 8.42 Å². The molecule has 4 rings (SSSR count). The quantitative estimate of drug-likeness (QED) is 0.761. The van der Waals surface area contributed by atoms with Gasteiger partial charge in [-0.2, -0.15) is 4.31 Å². The zero-order valence-corrected chi connectivity index (χ0v) is 18.0. The number of ether oxygens (including phenoxy) is 1. The number of nitrogens with one attached hydrogen (secondary N) is 1. The van der Waals surface area contributed by atoms with Gasteiger partial charge in [-0.15, -0.1) is 0 Å². The molecule has 2 aromatic rings. The number of amides is 1. The molecular formula is C22H27N3O4S. The van der Waals surface area contributed by atoms with Crippen LogP contribution in [0.3, 0.4) is 0 Å². The molecule has 7 nitrogen and oxygen atoms in total. The standard InChI is InChI=1S/C22H27N3O4S/c1-29-20-7-3-6-19(15-20)23-22(26)16-24-10-12-25(13-11-24)30(27,28)21-9-8-17-4-2-5-18(17)14-21/h3,6-9,14-15H,2,4-5,10-13,16H2,1H3,(H,23,26). The molecule has 2 aromatic carbocycles. The van der Waals surface area contributed by atoms with Crippen molar-refractivity contribution in [2.45, 2.75) is 24.2 Å². The highest BCUT2D eigenvalue weighted by atomic mass is 32.2. The van der Waals surface area contributed by atoms with Crippen molar-refractivity contribution in [1.82, 2.24) is 9.21 Å². The van der Waals surface area contributed by atoms with Crippen LogP contribution in [0.5, 0.6) is 5.75 Å². The van der Waals surface area contributed by atoms with E-state index in [2.05, 4.69) is 5.32 Å². The van der Waals surface area contributed by atoms with Crippen LogP contribution in [0.4, 0.5) is 5.69 Å². The number of hydrogen-bond donors (Lipinski definition) is 1. The van der Waals surface area contributed by atoms with Crippen molar-refractivity contribution in [3.8, 4) is 5.75 Å². The summed E-state index contributed by atoms with van der Waals surface area (Å²) in [6.07, 6.45) is 3.08. The van der Waals surface area contributed by atoms with Crippen LogP contribution in [0, 0.1) is 0 Å². The van der Waals surface area contributed by atoms with Gasteiger partial charge < -0.3 is 10.1 Å². The molecule has 1 aliphatic carbocycles. The van der Waals surface area contributed by atoms with Crippen LogP contribution < -0.4 is 10.1 Å². The minimum absolute atomic E-state index is 0.127. The molecule has 1 N–H and O–H groups in total. The Bertz CT molecular complexity index is 1030. The maximum atomic E-state index is 13.0. The molecular weight excluding hydrogens is 402 g/mol. The fourth-order valence-electron chi connectivity index (χ4n) is 4.09. The summed E-state index contributed by atoms with van der Waals surface area (Å²) in [7, 11) is -1.92. The number of nitrogens with zero attached hydrogens (tertiary/aromatic N) is 2. The van der Waals surface area contributed by atoms with Gasteiger partial charge in [0, 0.05) is 37.9 Å². The summed E-state index contributed by atoms with van der Waals surface area (Å²) in [5.41, 5.74) is 3.10. The second-order valence-electron chi connectivity index (χ2n) is 7.74. The summed E-state index contributed by atoms with van der Waals surface area (Å²) in [6.45, 7) is 2.03. The maximum Gasteiger partial charge on any atom is 0.243 e. The van der Waals surface area contributed by atoms with Gasteiger partial charge in [0.2, 0.25) is 15.9 Å². The first-order valence-corrected chi connectivity index (χ1v) is 11.7. The molecule has 8 heteroatoms. The molecule has 1 saturated heterocycles. The van der Waals surface area contributed by atoms with Crippen molar-refractivity contribution in [2.24, 2.45) is 0 Å². The second-order valence-corrected chi connectivity index (χ2v) is 9.68. The first-order chi connectivity index (χ1) is 14.5. The monoisotopic (exact) mass is 429 g/mol. The zero-order chi connectivity index (χ0) is 21.1. The zero-order valence-electron chi connectivity index (χ0n) is 17.1. The lowest BCUT2D eigenvalue weighted by molar-refractivity contribution is -0.117. The molecule has 0 spiro atoms. The van der Waals surface area contributed by atoms with E-state index in [0.29, 0.717) is 42.5 Å². The minimum Gasteiger partial charge on any atom is -0.497 e. The highest BCUT2D eigenvalue weighted by Gasteiger charge is 2.30. The van der Waals surface area contributed by atoms with E-state index in [-0.39, 0.29) is 12.5 Å². The number of carbonyl (C=O) groups excluding carboxylic acids is 1. The lowest BCUT2D eigenvalue weighted by Crippen LogP contribution is -2.50. The Balaban J connectivity index is 1.32. The molecule has 0 radical (unpaired) electrons. The van der Waals surface area contributed by atoms with E-state index in [1.165, 1.54) is 9.87 Å². The Morgan fingerprint density at radius 1 is 1.03 bits per heavy atom. The van der Waals surface area contributed by atoms with E-state index in [4.69, 9.17) is 4.74 Å². The molecule has 0 aromatic heterocycles. The number of fused-ring (bicyclic) bond motifs is 1. The maximum absolute atomic E-state index is 13.0. The first-order valence-electron chi connectivity index (χ1n) is 10.2. The van der Waals surface area contributed by atoms with Crippen molar-refractivity contribution < 1.29 is 17.9 Å². The summed E-state index contributed by atoms with van der Waals surface area (Å²) in [5.74, 6) is 0.552. The van der Waals surface area contributed by atoms with Gasteiger partial charge in [0.1, 0.15) is 5.75 Å². The Labute approximate surface area is 177 Å². The average Bonchev–Trinajstić information content (AvgIpc) is 3.22. The van der Waals surface area contributed by atoms with Crippen molar-refractivity contribution in [2.75, 3.05) is 45.2 Å². The molecule has 1 fully saturated rings.